The van der Waals surface area contributed by atoms with Gasteiger partial charge in [0, 0.05) is 30.4 Å². The van der Waals surface area contributed by atoms with Crippen LogP contribution >= 0.6 is 0 Å². The van der Waals surface area contributed by atoms with Crippen LogP contribution in [0.4, 0.5) is 0 Å². The van der Waals surface area contributed by atoms with Gasteiger partial charge < -0.3 is 14.2 Å². The smallest absolute Gasteiger partial charge is 0.123 e. The molecule has 0 aliphatic carbocycles. The lowest BCUT2D eigenvalue weighted by Gasteiger charge is -2.13. The van der Waals surface area contributed by atoms with E-state index >= 15 is 0 Å². The van der Waals surface area contributed by atoms with Crippen LogP contribution in [0.2, 0.25) is 0 Å². The second-order valence-corrected chi connectivity index (χ2v) is 7.12. The maximum absolute atomic E-state index is 6.03. The summed E-state index contributed by atoms with van der Waals surface area (Å²) in [7, 11) is 1.69. The first-order valence-corrected chi connectivity index (χ1v) is 9.49. The molecule has 1 aliphatic rings. The fourth-order valence-corrected chi connectivity index (χ4v) is 3.50. The molecule has 0 amide bonds. The average molecular weight is 363 g/mol. The highest BCUT2D eigenvalue weighted by atomic mass is 16.5. The number of aryl methyl sites for hydroxylation is 1. The SMILES string of the molecule is COc1cc(OCCC2CCOC2)cc(-c2ccc3nc(C)ccc3c2)c1. The highest BCUT2D eigenvalue weighted by Gasteiger charge is 2.15. The Balaban J connectivity index is 1.57. The van der Waals surface area contributed by atoms with E-state index in [1.807, 2.05) is 25.1 Å². The zero-order chi connectivity index (χ0) is 18.6. The molecule has 4 rings (SSSR count). The van der Waals surface area contributed by atoms with Gasteiger partial charge in [0.05, 0.1) is 19.2 Å². The van der Waals surface area contributed by atoms with Crippen molar-refractivity contribution >= 4 is 10.9 Å². The Morgan fingerprint density at radius 1 is 1.04 bits per heavy atom. The third kappa shape index (κ3) is 4.22. The van der Waals surface area contributed by atoms with Crippen LogP contribution in [0.3, 0.4) is 0 Å². The first-order chi connectivity index (χ1) is 13.2. The Hall–Kier alpha value is -2.59. The van der Waals surface area contributed by atoms with E-state index in [1.54, 1.807) is 7.11 Å². The number of aromatic nitrogens is 1. The summed E-state index contributed by atoms with van der Waals surface area (Å²) in [6.07, 6.45) is 2.16. The van der Waals surface area contributed by atoms with Crippen molar-refractivity contribution in [3.63, 3.8) is 0 Å². The lowest BCUT2D eigenvalue weighted by molar-refractivity contribution is 0.178. The fraction of sp³-hybridized carbons (Fsp3) is 0.348. The molecule has 0 N–H and O–H groups in total. The van der Waals surface area contributed by atoms with E-state index in [0.29, 0.717) is 12.5 Å². The zero-order valence-electron chi connectivity index (χ0n) is 15.9. The van der Waals surface area contributed by atoms with Gasteiger partial charge >= 0.3 is 0 Å². The Kier molecular flexibility index (Phi) is 5.26. The average Bonchev–Trinajstić information content (AvgIpc) is 3.21. The van der Waals surface area contributed by atoms with E-state index < -0.39 is 0 Å². The molecule has 1 aromatic heterocycles. The topological polar surface area (TPSA) is 40.6 Å². The number of rotatable bonds is 6. The molecule has 2 heterocycles. The molecule has 140 valence electrons. The summed E-state index contributed by atoms with van der Waals surface area (Å²) in [5.41, 5.74) is 4.24. The van der Waals surface area contributed by atoms with E-state index in [9.17, 15) is 0 Å². The van der Waals surface area contributed by atoms with Crippen molar-refractivity contribution in [3.8, 4) is 22.6 Å². The van der Waals surface area contributed by atoms with Crippen molar-refractivity contribution in [1.29, 1.82) is 0 Å². The number of benzene rings is 2. The summed E-state index contributed by atoms with van der Waals surface area (Å²) in [6, 6.07) is 16.6. The summed E-state index contributed by atoms with van der Waals surface area (Å²) >= 11 is 0. The van der Waals surface area contributed by atoms with Crippen molar-refractivity contribution in [2.45, 2.75) is 19.8 Å². The van der Waals surface area contributed by atoms with Gasteiger partial charge in [-0.1, -0.05) is 12.1 Å². The molecule has 1 saturated heterocycles. The molecule has 1 aliphatic heterocycles. The molecule has 0 radical (unpaired) electrons. The summed E-state index contributed by atoms with van der Waals surface area (Å²) in [4.78, 5) is 4.58. The number of fused-ring (bicyclic) bond motifs is 1. The van der Waals surface area contributed by atoms with Gasteiger partial charge in [0.25, 0.3) is 0 Å². The van der Waals surface area contributed by atoms with E-state index in [2.05, 4.69) is 35.3 Å². The van der Waals surface area contributed by atoms with Crippen molar-refractivity contribution in [1.82, 2.24) is 4.98 Å². The number of nitrogens with zero attached hydrogens (tertiary/aromatic N) is 1. The molecule has 0 bridgehead atoms. The number of methoxy groups -OCH3 is 1. The summed E-state index contributed by atoms with van der Waals surface area (Å²) < 4.78 is 17.0. The molecule has 0 spiro atoms. The van der Waals surface area contributed by atoms with Crippen LogP contribution in [0.15, 0.2) is 48.5 Å². The van der Waals surface area contributed by atoms with Crippen LogP contribution in [0.5, 0.6) is 11.5 Å². The molecule has 2 aromatic carbocycles. The molecular formula is C23H25NO3. The lowest BCUT2D eigenvalue weighted by atomic mass is 10.0. The minimum atomic E-state index is 0.617. The van der Waals surface area contributed by atoms with Gasteiger partial charge in [-0.25, -0.2) is 0 Å². The predicted octanol–water partition coefficient (Wildman–Crippen LogP) is 5.02. The minimum Gasteiger partial charge on any atom is -0.497 e. The first kappa shape index (κ1) is 17.8. The molecule has 3 aromatic rings. The van der Waals surface area contributed by atoms with Gasteiger partial charge in [-0.2, -0.15) is 0 Å². The highest BCUT2D eigenvalue weighted by molar-refractivity contribution is 5.85. The molecule has 1 atom stereocenters. The quantitative estimate of drug-likeness (QED) is 0.616. The van der Waals surface area contributed by atoms with Crippen LogP contribution in [0, 0.1) is 12.8 Å². The normalized spacial score (nSPS) is 16.6. The van der Waals surface area contributed by atoms with Crippen molar-refractivity contribution in [2.24, 2.45) is 5.92 Å². The number of pyridine rings is 1. The number of hydrogen-bond acceptors (Lipinski definition) is 4. The molecule has 1 unspecified atom stereocenters. The van der Waals surface area contributed by atoms with Gasteiger partial charge in [0.15, 0.2) is 0 Å². The predicted molar refractivity (Wildman–Crippen MR) is 108 cm³/mol. The van der Waals surface area contributed by atoms with Crippen molar-refractivity contribution < 1.29 is 14.2 Å². The largest absolute Gasteiger partial charge is 0.497 e. The third-order valence-corrected chi connectivity index (χ3v) is 5.10. The number of ether oxygens (including phenoxy) is 3. The second-order valence-electron chi connectivity index (χ2n) is 7.12. The van der Waals surface area contributed by atoms with Gasteiger partial charge in [-0.15, -0.1) is 0 Å². The van der Waals surface area contributed by atoms with Gasteiger partial charge in [-0.3, -0.25) is 4.98 Å². The lowest BCUT2D eigenvalue weighted by Crippen LogP contribution is -2.07. The fourth-order valence-electron chi connectivity index (χ4n) is 3.50. The molecule has 0 saturated carbocycles. The van der Waals surface area contributed by atoms with Crippen molar-refractivity contribution in [3.05, 3.63) is 54.2 Å². The van der Waals surface area contributed by atoms with E-state index in [-0.39, 0.29) is 0 Å². The van der Waals surface area contributed by atoms with Crippen LogP contribution in [0.1, 0.15) is 18.5 Å². The Bertz CT molecular complexity index is 932. The van der Waals surface area contributed by atoms with E-state index in [0.717, 1.165) is 65.3 Å². The van der Waals surface area contributed by atoms with Gasteiger partial charge in [-0.05, 0) is 67.1 Å². The summed E-state index contributed by atoms with van der Waals surface area (Å²) in [5, 5.41) is 1.13. The maximum Gasteiger partial charge on any atom is 0.123 e. The molecule has 4 heteroatoms. The highest BCUT2D eigenvalue weighted by Crippen LogP contribution is 2.31. The van der Waals surface area contributed by atoms with Gasteiger partial charge in [0.1, 0.15) is 11.5 Å². The Morgan fingerprint density at radius 3 is 2.74 bits per heavy atom. The summed E-state index contributed by atoms with van der Waals surface area (Å²) in [5.74, 6) is 2.26. The molecule has 1 fully saturated rings. The Morgan fingerprint density at radius 2 is 1.93 bits per heavy atom. The number of hydrogen-bond donors (Lipinski definition) is 0. The zero-order valence-corrected chi connectivity index (χ0v) is 15.9. The Labute approximate surface area is 160 Å². The van der Waals surface area contributed by atoms with Crippen LogP contribution in [0.25, 0.3) is 22.0 Å². The van der Waals surface area contributed by atoms with E-state index in [4.69, 9.17) is 14.2 Å². The molecule has 27 heavy (non-hydrogen) atoms. The molecule has 4 nitrogen and oxygen atoms in total. The standard InChI is InChI=1S/C23H25NO3/c1-16-3-4-19-11-18(5-6-23(19)24-16)20-12-21(25-2)14-22(13-20)27-10-8-17-7-9-26-15-17/h3-6,11-14,17H,7-10,15H2,1-2H3. The van der Waals surface area contributed by atoms with Crippen molar-refractivity contribution in [2.75, 3.05) is 26.9 Å². The van der Waals surface area contributed by atoms with Crippen LogP contribution in [-0.4, -0.2) is 31.9 Å². The van der Waals surface area contributed by atoms with E-state index in [1.165, 1.54) is 0 Å². The maximum atomic E-state index is 6.03. The minimum absolute atomic E-state index is 0.617. The van der Waals surface area contributed by atoms with Gasteiger partial charge in [0.2, 0.25) is 0 Å². The summed E-state index contributed by atoms with van der Waals surface area (Å²) in [6.45, 7) is 4.44. The monoisotopic (exact) mass is 363 g/mol. The third-order valence-electron chi connectivity index (χ3n) is 5.10. The van der Waals surface area contributed by atoms with Crippen LogP contribution < -0.4 is 9.47 Å². The molecular weight excluding hydrogens is 338 g/mol. The first-order valence-electron chi connectivity index (χ1n) is 9.49. The second kappa shape index (κ2) is 7.97. The van der Waals surface area contributed by atoms with Crippen LogP contribution in [-0.2, 0) is 4.74 Å².